The van der Waals surface area contributed by atoms with Gasteiger partial charge < -0.3 is 10.4 Å². The van der Waals surface area contributed by atoms with E-state index in [1.165, 1.54) is 12.1 Å². The number of aryl methyl sites for hydroxylation is 1. The van der Waals surface area contributed by atoms with E-state index in [1.807, 2.05) is 25.1 Å². The van der Waals surface area contributed by atoms with Gasteiger partial charge in [0.2, 0.25) is 0 Å². The molecule has 0 aliphatic heterocycles. The lowest BCUT2D eigenvalue weighted by molar-refractivity contribution is -0.172. The number of carboxylic acids is 1. The number of carboxylic acid groups (broad SMARTS) is 1. The third kappa shape index (κ3) is 3.73. The highest BCUT2D eigenvalue weighted by atomic mass is 19.4. The Morgan fingerprint density at radius 2 is 1.79 bits per heavy atom. The van der Waals surface area contributed by atoms with E-state index in [0.717, 1.165) is 23.2 Å². The summed E-state index contributed by atoms with van der Waals surface area (Å²) in [4.78, 5) is 24.3. The third-order valence-electron chi connectivity index (χ3n) is 7.10. The number of benzene rings is 2. The highest BCUT2D eigenvalue weighted by Crippen LogP contribution is 2.69. The van der Waals surface area contributed by atoms with E-state index in [4.69, 9.17) is 5.11 Å². The predicted molar refractivity (Wildman–Crippen MR) is 118 cm³/mol. The minimum absolute atomic E-state index is 0.120. The van der Waals surface area contributed by atoms with Gasteiger partial charge in [-0.1, -0.05) is 24.3 Å². The van der Waals surface area contributed by atoms with Gasteiger partial charge in [0.05, 0.1) is 17.5 Å². The first-order valence-electron chi connectivity index (χ1n) is 11.2. The van der Waals surface area contributed by atoms with Crippen LogP contribution >= 0.6 is 0 Å². The standard InChI is InChI=1S/C25H24F3N3O3/c1-2-31-18-5-3-4-16(10-15-6-8-17(9-7-15)25(26,27)28)20(18)21(30-31)22(34)29-24-12-23(13-24,14-24)11-19(32)33/h3-9H,2,10-14H2,1H3,(H,29,34)(H,32,33). The number of aromatic nitrogens is 2. The van der Waals surface area contributed by atoms with Crippen molar-refractivity contribution in [3.05, 3.63) is 64.8 Å². The smallest absolute Gasteiger partial charge is 0.416 e. The largest absolute Gasteiger partial charge is 0.481 e. The summed E-state index contributed by atoms with van der Waals surface area (Å²) in [6.45, 7) is 2.48. The van der Waals surface area contributed by atoms with Crippen LogP contribution in [0.2, 0.25) is 0 Å². The molecule has 3 fully saturated rings. The van der Waals surface area contributed by atoms with Crippen LogP contribution in [0.4, 0.5) is 13.2 Å². The Bertz CT molecular complexity index is 1270. The topological polar surface area (TPSA) is 84.2 Å². The van der Waals surface area contributed by atoms with Crippen molar-refractivity contribution in [3.8, 4) is 0 Å². The summed E-state index contributed by atoms with van der Waals surface area (Å²) in [6.07, 6.45) is -1.95. The van der Waals surface area contributed by atoms with Gasteiger partial charge in [0.1, 0.15) is 0 Å². The number of nitrogens with one attached hydrogen (secondary N) is 1. The highest BCUT2D eigenvalue weighted by molar-refractivity contribution is 6.06. The maximum Gasteiger partial charge on any atom is 0.416 e. The Labute approximate surface area is 193 Å². The lowest BCUT2D eigenvalue weighted by Gasteiger charge is -2.70. The maximum atomic E-state index is 13.3. The van der Waals surface area contributed by atoms with E-state index in [-0.39, 0.29) is 29.0 Å². The van der Waals surface area contributed by atoms with E-state index in [9.17, 15) is 22.8 Å². The molecule has 0 radical (unpaired) electrons. The Morgan fingerprint density at radius 1 is 1.12 bits per heavy atom. The van der Waals surface area contributed by atoms with E-state index >= 15 is 0 Å². The monoisotopic (exact) mass is 471 g/mol. The first kappa shape index (κ1) is 22.4. The molecule has 178 valence electrons. The summed E-state index contributed by atoms with van der Waals surface area (Å²) in [5, 5.41) is 17.4. The van der Waals surface area contributed by atoms with Crippen molar-refractivity contribution >= 4 is 22.8 Å². The number of hydrogen-bond acceptors (Lipinski definition) is 3. The van der Waals surface area contributed by atoms with Crippen molar-refractivity contribution < 1.29 is 27.9 Å². The average molecular weight is 471 g/mol. The molecule has 3 saturated carbocycles. The van der Waals surface area contributed by atoms with Crippen LogP contribution in [0.1, 0.15) is 59.8 Å². The Hall–Kier alpha value is -3.36. The second-order valence-corrected chi connectivity index (χ2v) is 9.68. The summed E-state index contributed by atoms with van der Waals surface area (Å²) in [5.74, 6) is -1.12. The fourth-order valence-corrected chi connectivity index (χ4v) is 5.82. The molecule has 9 heteroatoms. The molecule has 1 amide bonds. The number of nitrogens with zero attached hydrogens (tertiary/aromatic N) is 2. The molecule has 2 aromatic carbocycles. The van der Waals surface area contributed by atoms with Gasteiger partial charge in [0, 0.05) is 17.5 Å². The van der Waals surface area contributed by atoms with Crippen LogP contribution in [0.25, 0.3) is 10.9 Å². The van der Waals surface area contributed by atoms with Gasteiger partial charge in [0.15, 0.2) is 5.69 Å². The number of rotatable bonds is 7. The van der Waals surface area contributed by atoms with Crippen LogP contribution in [0, 0.1) is 5.41 Å². The van der Waals surface area contributed by atoms with E-state index in [1.54, 1.807) is 4.68 Å². The summed E-state index contributed by atoms with van der Waals surface area (Å²) in [7, 11) is 0. The van der Waals surface area contributed by atoms with Crippen LogP contribution in [-0.2, 0) is 23.9 Å². The van der Waals surface area contributed by atoms with Gasteiger partial charge in [0.25, 0.3) is 5.91 Å². The van der Waals surface area contributed by atoms with E-state index in [0.29, 0.717) is 43.2 Å². The van der Waals surface area contributed by atoms with Gasteiger partial charge >= 0.3 is 12.1 Å². The van der Waals surface area contributed by atoms with Gasteiger partial charge in [-0.2, -0.15) is 18.3 Å². The second-order valence-electron chi connectivity index (χ2n) is 9.68. The minimum atomic E-state index is -4.39. The fraction of sp³-hybridized carbons (Fsp3) is 0.400. The average Bonchev–Trinajstić information content (AvgIpc) is 3.11. The Balaban J connectivity index is 1.42. The lowest BCUT2D eigenvalue weighted by Crippen LogP contribution is -2.75. The molecule has 3 aliphatic carbocycles. The van der Waals surface area contributed by atoms with Crippen molar-refractivity contribution in [3.63, 3.8) is 0 Å². The molecule has 0 saturated heterocycles. The second kappa shape index (κ2) is 7.58. The Kier molecular flexibility index (Phi) is 5.00. The maximum absolute atomic E-state index is 13.3. The van der Waals surface area contributed by atoms with Crippen molar-refractivity contribution in [2.24, 2.45) is 5.41 Å². The van der Waals surface area contributed by atoms with E-state index in [2.05, 4.69) is 10.4 Å². The zero-order valence-corrected chi connectivity index (χ0v) is 18.6. The molecule has 34 heavy (non-hydrogen) atoms. The molecule has 0 atom stereocenters. The van der Waals surface area contributed by atoms with Gasteiger partial charge in [-0.25, -0.2) is 0 Å². The molecule has 0 spiro atoms. The molecule has 6 rings (SSSR count). The van der Waals surface area contributed by atoms with Crippen LogP contribution in [0.5, 0.6) is 0 Å². The number of halogens is 3. The van der Waals surface area contributed by atoms with Crippen molar-refractivity contribution in [1.82, 2.24) is 15.1 Å². The number of carbonyl (C=O) groups is 2. The number of hydrogen-bond donors (Lipinski definition) is 2. The zero-order valence-electron chi connectivity index (χ0n) is 18.6. The SMILES string of the molecule is CCn1nc(C(=O)NC23CC(CC(=O)O)(C2)C3)c2c(Cc3ccc(C(F)(F)F)cc3)cccc21. The van der Waals surface area contributed by atoms with Crippen molar-refractivity contribution in [2.45, 2.75) is 57.3 Å². The molecule has 3 aromatic rings. The van der Waals surface area contributed by atoms with Gasteiger partial charge in [-0.05, 0) is 67.3 Å². The Morgan fingerprint density at radius 3 is 2.38 bits per heavy atom. The molecule has 1 heterocycles. The summed E-state index contributed by atoms with van der Waals surface area (Å²) in [5.41, 5.74) is 1.32. The van der Waals surface area contributed by atoms with E-state index < -0.39 is 17.7 Å². The van der Waals surface area contributed by atoms with Crippen LogP contribution in [0.3, 0.4) is 0 Å². The number of carbonyl (C=O) groups excluding carboxylic acids is 1. The van der Waals surface area contributed by atoms with Crippen LogP contribution in [-0.4, -0.2) is 32.3 Å². The van der Waals surface area contributed by atoms with Crippen molar-refractivity contribution in [2.75, 3.05) is 0 Å². The molecule has 1 aromatic heterocycles. The zero-order chi connectivity index (χ0) is 24.3. The summed E-state index contributed by atoms with van der Waals surface area (Å²) >= 11 is 0. The van der Waals surface area contributed by atoms with Gasteiger partial charge in [-0.15, -0.1) is 0 Å². The molecular formula is C25H24F3N3O3. The summed E-state index contributed by atoms with van der Waals surface area (Å²) in [6, 6.07) is 10.6. The molecule has 2 N–H and O–H groups in total. The van der Waals surface area contributed by atoms with Crippen LogP contribution < -0.4 is 5.32 Å². The quantitative estimate of drug-likeness (QED) is 0.519. The minimum Gasteiger partial charge on any atom is -0.481 e. The molecule has 2 bridgehead atoms. The first-order valence-corrected chi connectivity index (χ1v) is 11.2. The molecular weight excluding hydrogens is 447 g/mol. The number of aliphatic carboxylic acids is 1. The molecule has 3 aliphatic rings. The van der Waals surface area contributed by atoms with Crippen LogP contribution in [0.15, 0.2) is 42.5 Å². The van der Waals surface area contributed by atoms with Crippen molar-refractivity contribution in [1.29, 1.82) is 0 Å². The lowest BCUT2D eigenvalue weighted by atomic mass is 9.38. The molecule has 6 nitrogen and oxygen atoms in total. The normalized spacial score (nSPS) is 23.3. The first-order chi connectivity index (χ1) is 16.0. The molecule has 0 unspecified atom stereocenters. The fourth-order valence-electron chi connectivity index (χ4n) is 5.82. The number of fused-ring (bicyclic) bond motifs is 1. The number of alkyl halides is 3. The number of amides is 1. The summed E-state index contributed by atoms with van der Waals surface area (Å²) < 4.78 is 40.5. The highest BCUT2D eigenvalue weighted by Gasteiger charge is 2.68. The van der Waals surface area contributed by atoms with Gasteiger partial charge in [-0.3, -0.25) is 14.3 Å². The predicted octanol–water partition coefficient (Wildman–Crippen LogP) is 4.79. The third-order valence-corrected chi connectivity index (χ3v) is 7.10.